The molecule has 0 atom stereocenters. The van der Waals surface area contributed by atoms with Crippen LogP contribution in [0.3, 0.4) is 0 Å². The Labute approximate surface area is 196 Å². The average molecular weight is 575 g/mol. The minimum atomic E-state index is -4.85. The third-order valence-electron chi connectivity index (χ3n) is 4.22. The lowest BCUT2D eigenvalue weighted by Crippen LogP contribution is -2.21. The number of hydrogen-bond acceptors (Lipinski definition) is 6. The topological polar surface area (TPSA) is 103 Å². The molecule has 0 aliphatic rings. The van der Waals surface area contributed by atoms with Crippen molar-refractivity contribution in [3.8, 4) is 11.5 Å². The Balaban J connectivity index is 1.69. The van der Waals surface area contributed by atoms with E-state index < -0.39 is 23.3 Å². The second kappa shape index (κ2) is 8.82. The number of alkyl halides is 4. The highest BCUT2D eigenvalue weighted by atomic mass is 127. The van der Waals surface area contributed by atoms with Crippen molar-refractivity contribution in [2.75, 3.05) is 5.32 Å². The Hall–Kier alpha value is -3.07. The highest BCUT2D eigenvalue weighted by Crippen LogP contribution is 2.35. The molecular formula is C18H11ClF3IN8O. The van der Waals surface area contributed by atoms with E-state index in [1.165, 1.54) is 47.9 Å². The summed E-state index contributed by atoms with van der Waals surface area (Å²) < 4.78 is 42.9. The van der Waals surface area contributed by atoms with Crippen molar-refractivity contribution in [2.45, 2.75) is 10.6 Å². The number of amides is 1. The number of pyridine rings is 2. The van der Waals surface area contributed by atoms with Crippen LogP contribution in [0, 0.1) is 0 Å². The number of nitrogens with one attached hydrogen (secondary N) is 1. The van der Waals surface area contributed by atoms with Gasteiger partial charge in [-0.2, -0.15) is 28.5 Å². The summed E-state index contributed by atoms with van der Waals surface area (Å²) in [5.41, 5.74) is -1.05. The Kier molecular flexibility index (Phi) is 6.10. The van der Waals surface area contributed by atoms with E-state index in [1.54, 1.807) is 0 Å². The quantitative estimate of drug-likeness (QED) is 0.284. The van der Waals surface area contributed by atoms with E-state index in [4.69, 9.17) is 11.6 Å². The molecule has 4 aromatic rings. The van der Waals surface area contributed by atoms with Crippen molar-refractivity contribution in [1.29, 1.82) is 0 Å². The van der Waals surface area contributed by atoms with Crippen LogP contribution in [0.15, 0.2) is 49.3 Å². The molecular weight excluding hydrogens is 564 g/mol. The normalized spacial score (nSPS) is 11.5. The van der Waals surface area contributed by atoms with Gasteiger partial charge in [0.1, 0.15) is 0 Å². The van der Waals surface area contributed by atoms with E-state index in [2.05, 4.69) is 30.6 Å². The lowest BCUT2D eigenvalue weighted by atomic mass is 10.2. The van der Waals surface area contributed by atoms with E-state index in [9.17, 15) is 18.0 Å². The standard InChI is InChI=1S/C18H11ClF3IN8O/c19-13-5-11(8-25-16(13)31-26-3-4-27-31)29-17(32)12-9-28-30(15(12)18(20,21)22)14-1-2-24-7-10(14)6-23/h1-5,7-9H,6H2,(H,29,32). The number of hydrogen-bond donors (Lipinski definition) is 1. The van der Waals surface area contributed by atoms with Crippen LogP contribution in [0.4, 0.5) is 18.9 Å². The first kappa shape index (κ1) is 22.1. The molecule has 0 aliphatic heterocycles. The van der Waals surface area contributed by atoms with E-state index in [0.29, 0.717) is 14.7 Å². The van der Waals surface area contributed by atoms with Crippen LogP contribution in [0.2, 0.25) is 5.02 Å². The van der Waals surface area contributed by atoms with Crippen LogP contribution in [-0.4, -0.2) is 40.6 Å². The van der Waals surface area contributed by atoms with Gasteiger partial charge in [-0.05, 0) is 12.1 Å². The summed E-state index contributed by atoms with van der Waals surface area (Å²) in [5.74, 6) is -0.820. The molecule has 32 heavy (non-hydrogen) atoms. The molecule has 9 nitrogen and oxygen atoms in total. The molecule has 0 saturated carbocycles. The molecule has 0 spiro atoms. The van der Waals surface area contributed by atoms with Gasteiger partial charge in [-0.25, -0.2) is 9.67 Å². The van der Waals surface area contributed by atoms with Crippen molar-refractivity contribution in [2.24, 2.45) is 0 Å². The molecule has 1 amide bonds. The number of rotatable bonds is 5. The van der Waals surface area contributed by atoms with Gasteiger partial charge < -0.3 is 5.32 Å². The van der Waals surface area contributed by atoms with E-state index in [1.807, 2.05) is 22.6 Å². The minimum absolute atomic E-state index is 0.0913. The van der Waals surface area contributed by atoms with Gasteiger partial charge in [0.25, 0.3) is 5.91 Å². The zero-order chi connectivity index (χ0) is 22.9. The van der Waals surface area contributed by atoms with Gasteiger partial charge >= 0.3 is 6.18 Å². The van der Waals surface area contributed by atoms with Gasteiger partial charge in [0, 0.05) is 22.4 Å². The molecule has 0 radical (unpaired) electrons. The van der Waals surface area contributed by atoms with Crippen molar-refractivity contribution in [3.05, 3.63) is 71.2 Å². The van der Waals surface area contributed by atoms with Gasteiger partial charge in [-0.1, -0.05) is 34.2 Å². The van der Waals surface area contributed by atoms with E-state index >= 15 is 0 Å². The lowest BCUT2D eigenvalue weighted by molar-refractivity contribution is -0.143. The third-order valence-corrected chi connectivity index (χ3v) is 5.32. The van der Waals surface area contributed by atoms with Crippen molar-refractivity contribution in [1.82, 2.24) is 34.7 Å². The molecule has 0 bridgehead atoms. The predicted molar refractivity (Wildman–Crippen MR) is 116 cm³/mol. The molecule has 4 rings (SSSR count). The molecule has 4 heterocycles. The Morgan fingerprint density at radius 1 is 1.12 bits per heavy atom. The smallest absolute Gasteiger partial charge is 0.320 e. The highest BCUT2D eigenvalue weighted by Gasteiger charge is 2.41. The molecule has 0 fully saturated rings. The van der Waals surface area contributed by atoms with Gasteiger partial charge in [-0.15, -0.1) is 4.80 Å². The molecule has 1 N–H and O–H groups in total. The summed E-state index contributed by atoms with van der Waals surface area (Å²) in [6.45, 7) is 0. The first-order chi connectivity index (χ1) is 15.3. The van der Waals surface area contributed by atoms with Crippen LogP contribution in [-0.2, 0) is 10.6 Å². The highest BCUT2D eigenvalue weighted by molar-refractivity contribution is 14.1. The maximum Gasteiger partial charge on any atom is 0.434 e. The maximum atomic E-state index is 13.9. The molecule has 0 aromatic carbocycles. The Morgan fingerprint density at radius 2 is 1.88 bits per heavy atom. The van der Waals surface area contributed by atoms with E-state index in [0.717, 1.165) is 6.20 Å². The predicted octanol–water partition coefficient (Wildman–Crippen LogP) is 4.10. The zero-order valence-electron chi connectivity index (χ0n) is 15.8. The largest absolute Gasteiger partial charge is 0.434 e. The molecule has 0 saturated heterocycles. The number of carbonyl (C=O) groups is 1. The zero-order valence-corrected chi connectivity index (χ0v) is 18.7. The molecule has 4 aromatic heterocycles. The monoisotopic (exact) mass is 574 g/mol. The Morgan fingerprint density at radius 3 is 2.53 bits per heavy atom. The fraction of sp³-hybridized carbons (Fsp3) is 0.111. The first-order valence-electron chi connectivity index (χ1n) is 8.77. The summed E-state index contributed by atoms with van der Waals surface area (Å²) in [6.07, 6.45) is 2.92. The Bertz CT molecular complexity index is 1280. The summed E-state index contributed by atoms with van der Waals surface area (Å²) in [6, 6.07) is 2.74. The van der Waals surface area contributed by atoms with Crippen LogP contribution < -0.4 is 5.32 Å². The van der Waals surface area contributed by atoms with Crippen molar-refractivity contribution in [3.63, 3.8) is 0 Å². The SMILES string of the molecule is O=C(Nc1cnc(-n2nccn2)c(Cl)c1)c1cnn(-c2ccncc2CI)c1C(F)(F)F. The average Bonchev–Trinajstić information content (AvgIpc) is 3.44. The van der Waals surface area contributed by atoms with Gasteiger partial charge in [0.05, 0.1) is 46.7 Å². The van der Waals surface area contributed by atoms with Crippen LogP contribution in [0.1, 0.15) is 21.6 Å². The number of nitrogens with zero attached hydrogens (tertiary/aromatic N) is 7. The number of anilines is 1. The molecule has 14 heteroatoms. The first-order valence-corrected chi connectivity index (χ1v) is 10.7. The maximum absolute atomic E-state index is 13.9. The van der Waals surface area contributed by atoms with Crippen LogP contribution in [0.5, 0.6) is 0 Å². The summed E-state index contributed by atoms with van der Waals surface area (Å²) in [7, 11) is 0. The van der Waals surface area contributed by atoms with Crippen molar-refractivity contribution < 1.29 is 18.0 Å². The second-order valence-electron chi connectivity index (χ2n) is 6.26. The fourth-order valence-electron chi connectivity index (χ4n) is 2.87. The number of carbonyl (C=O) groups excluding carboxylic acids is 1. The van der Waals surface area contributed by atoms with E-state index in [-0.39, 0.29) is 22.2 Å². The summed E-state index contributed by atoms with van der Waals surface area (Å²) in [4.78, 5) is 21.9. The molecule has 0 aliphatic carbocycles. The minimum Gasteiger partial charge on any atom is -0.320 e. The lowest BCUT2D eigenvalue weighted by Gasteiger charge is -2.14. The summed E-state index contributed by atoms with van der Waals surface area (Å²) in [5, 5.41) is 14.1. The second-order valence-corrected chi connectivity index (χ2v) is 7.43. The van der Waals surface area contributed by atoms with Crippen molar-refractivity contribution >= 4 is 45.8 Å². The fourth-order valence-corrected chi connectivity index (χ4v) is 3.70. The van der Waals surface area contributed by atoms with Crippen LogP contribution in [0.25, 0.3) is 11.5 Å². The molecule has 164 valence electrons. The van der Waals surface area contributed by atoms with Gasteiger partial charge in [0.15, 0.2) is 11.5 Å². The molecule has 0 unspecified atom stereocenters. The number of halogens is 5. The van der Waals surface area contributed by atoms with Gasteiger partial charge in [-0.3, -0.25) is 9.78 Å². The third kappa shape index (κ3) is 4.29. The number of aromatic nitrogens is 7. The summed E-state index contributed by atoms with van der Waals surface area (Å²) >= 11 is 8.17. The van der Waals surface area contributed by atoms with Crippen LogP contribution >= 0.6 is 34.2 Å². The van der Waals surface area contributed by atoms with Gasteiger partial charge in [0.2, 0.25) is 0 Å².